The molecule has 1 aliphatic rings. The molecule has 4 nitrogen and oxygen atoms in total. The highest BCUT2D eigenvalue weighted by atomic mass is 16.3. The number of rotatable bonds is 6. The van der Waals surface area contributed by atoms with Crippen LogP contribution in [0.25, 0.3) is 22.3 Å². The van der Waals surface area contributed by atoms with Crippen molar-refractivity contribution in [3.05, 3.63) is 131 Å². The number of phenols is 4. The molecule has 0 bridgehead atoms. The molecule has 0 spiro atoms. The maximum absolute atomic E-state index is 10.8. The second kappa shape index (κ2) is 11.4. The summed E-state index contributed by atoms with van der Waals surface area (Å²) in [6.45, 7) is 0. The minimum Gasteiger partial charge on any atom is -0.507 e. The molecule has 0 aliphatic heterocycles. The number of phenolic OH excluding ortho intramolecular Hbond substituents is 4. The zero-order chi connectivity index (χ0) is 28.3. The van der Waals surface area contributed by atoms with E-state index in [-0.39, 0.29) is 28.9 Å². The van der Waals surface area contributed by atoms with Gasteiger partial charge in [-0.3, -0.25) is 0 Å². The van der Waals surface area contributed by atoms with Crippen LogP contribution in [0.2, 0.25) is 0 Å². The average Bonchev–Trinajstić information content (AvgIpc) is 3.00. The third kappa shape index (κ3) is 5.38. The van der Waals surface area contributed by atoms with Crippen LogP contribution in [0, 0.1) is 0 Å². The molecule has 0 saturated heterocycles. The molecular formula is C37H34O4. The maximum Gasteiger partial charge on any atom is 0.123 e. The summed E-state index contributed by atoms with van der Waals surface area (Å²) in [7, 11) is 0. The second-order valence-corrected chi connectivity index (χ2v) is 11.0. The lowest BCUT2D eigenvalue weighted by Crippen LogP contribution is -2.07. The normalized spacial score (nSPS) is 13.9. The molecule has 1 fully saturated rings. The van der Waals surface area contributed by atoms with Crippen molar-refractivity contribution in [2.24, 2.45) is 0 Å². The van der Waals surface area contributed by atoms with Crippen molar-refractivity contribution in [3.8, 4) is 45.3 Å². The van der Waals surface area contributed by atoms with E-state index in [0.29, 0.717) is 28.2 Å². The molecule has 5 aromatic rings. The summed E-state index contributed by atoms with van der Waals surface area (Å²) in [5, 5.41) is 42.7. The highest BCUT2D eigenvalue weighted by molar-refractivity contribution is 5.78. The summed E-state index contributed by atoms with van der Waals surface area (Å²) in [5.41, 5.74) is 6.51. The van der Waals surface area contributed by atoms with E-state index in [1.807, 2.05) is 36.4 Å². The van der Waals surface area contributed by atoms with Crippen molar-refractivity contribution in [3.63, 3.8) is 0 Å². The maximum atomic E-state index is 10.8. The lowest BCUT2D eigenvalue weighted by Gasteiger charge is -2.24. The van der Waals surface area contributed by atoms with Gasteiger partial charge in [-0.1, -0.05) is 92.1 Å². The van der Waals surface area contributed by atoms with E-state index in [2.05, 4.69) is 24.3 Å². The Morgan fingerprint density at radius 2 is 0.878 bits per heavy atom. The number of aromatic hydroxyl groups is 4. The topological polar surface area (TPSA) is 80.9 Å². The van der Waals surface area contributed by atoms with Gasteiger partial charge in [0.15, 0.2) is 0 Å². The zero-order valence-corrected chi connectivity index (χ0v) is 22.9. The van der Waals surface area contributed by atoms with Gasteiger partial charge < -0.3 is 20.4 Å². The van der Waals surface area contributed by atoms with Gasteiger partial charge in [-0.15, -0.1) is 0 Å². The van der Waals surface area contributed by atoms with E-state index >= 15 is 0 Å². The van der Waals surface area contributed by atoms with Gasteiger partial charge in [-0.2, -0.15) is 0 Å². The van der Waals surface area contributed by atoms with Crippen LogP contribution < -0.4 is 0 Å². The molecule has 1 aliphatic carbocycles. The Bertz CT molecular complexity index is 1570. The number of hydrogen-bond donors (Lipinski definition) is 4. The standard InChI is InChI=1S/C37H34O4/c38-33-12-6-4-10-29(33)31-22-27(18-20-35(31)40)37(26-16-14-25(15-17-26)24-8-2-1-3-9-24)28-19-21-36(41)32(23-28)30-11-5-7-13-34(30)39/h4-7,10-24,37-41H,1-3,8-9H2. The van der Waals surface area contributed by atoms with Crippen LogP contribution in [-0.2, 0) is 0 Å². The summed E-state index contributed by atoms with van der Waals surface area (Å²) < 4.78 is 0. The van der Waals surface area contributed by atoms with E-state index in [4.69, 9.17) is 0 Å². The van der Waals surface area contributed by atoms with Crippen LogP contribution in [0.3, 0.4) is 0 Å². The van der Waals surface area contributed by atoms with E-state index in [1.54, 1.807) is 48.5 Å². The van der Waals surface area contributed by atoms with Crippen molar-refractivity contribution >= 4 is 0 Å². The monoisotopic (exact) mass is 542 g/mol. The predicted octanol–water partition coefficient (Wildman–Crippen LogP) is 9.07. The molecule has 206 valence electrons. The van der Waals surface area contributed by atoms with Crippen molar-refractivity contribution in [2.45, 2.75) is 43.9 Å². The van der Waals surface area contributed by atoms with Gasteiger partial charge in [0, 0.05) is 28.2 Å². The Hall–Kier alpha value is -4.70. The van der Waals surface area contributed by atoms with Gasteiger partial charge in [0.1, 0.15) is 23.0 Å². The van der Waals surface area contributed by atoms with Gasteiger partial charge in [-0.05, 0) is 77.4 Å². The summed E-state index contributed by atoms with van der Waals surface area (Å²) in [6, 6.07) is 33.9. The second-order valence-electron chi connectivity index (χ2n) is 11.0. The molecule has 0 aromatic heterocycles. The van der Waals surface area contributed by atoms with Gasteiger partial charge in [0.2, 0.25) is 0 Å². The van der Waals surface area contributed by atoms with E-state index in [1.165, 1.54) is 37.7 Å². The van der Waals surface area contributed by atoms with Gasteiger partial charge in [0.25, 0.3) is 0 Å². The minimum absolute atomic E-state index is 0.0854. The van der Waals surface area contributed by atoms with Gasteiger partial charge >= 0.3 is 0 Å². The number of para-hydroxylation sites is 2. The average molecular weight is 543 g/mol. The Kier molecular flexibility index (Phi) is 7.39. The summed E-state index contributed by atoms with van der Waals surface area (Å²) in [4.78, 5) is 0. The molecule has 0 radical (unpaired) electrons. The first-order valence-electron chi connectivity index (χ1n) is 14.3. The first kappa shape index (κ1) is 26.5. The molecule has 4 heteroatoms. The van der Waals surface area contributed by atoms with Crippen LogP contribution in [0.15, 0.2) is 109 Å². The summed E-state index contributed by atoms with van der Waals surface area (Å²) in [6.07, 6.45) is 6.33. The van der Waals surface area contributed by atoms with Crippen LogP contribution >= 0.6 is 0 Å². The zero-order valence-electron chi connectivity index (χ0n) is 22.9. The van der Waals surface area contributed by atoms with E-state index in [0.717, 1.165) is 16.7 Å². The number of hydrogen-bond acceptors (Lipinski definition) is 4. The molecule has 0 unspecified atom stereocenters. The molecular weight excluding hydrogens is 508 g/mol. The lowest BCUT2D eigenvalue weighted by molar-refractivity contribution is 0.443. The quantitative estimate of drug-likeness (QED) is 0.161. The molecule has 0 amide bonds. The summed E-state index contributed by atoms with van der Waals surface area (Å²) in [5.74, 6) is 0.730. The number of benzene rings is 5. The Morgan fingerprint density at radius 3 is 1.37 bits per heavy atom. The molecule has 4 N–H and O–H groups in total. The highest BCUT2D eigenvalue weighted by Crippen LogP contribution is 2.43. The molecule has 41 heavy (non-hydrogen) atoms. The van der Waals surface area contributed by atoms with Gasteiger partial charge in [-0.25, -0.2) is 0 Å². The minimum atomic E-state index is -0.231. The summed E-state index contributed by atoms with van der Waals surface area (Å²) >= 11 is 0. The van der Waals surface area contributed by atoms with Gasteiger partial charge in [0.05, 0.1) is 0 Å². The van der Waals surface area contributed by atoms with E-state index < -0.39 is 0 Å². The fraction of sp³-hybridized carbons (Fsp3) is 0.189. The van der Waals surface area contributed by atoms with Crippen molar-refractivity contribution < 1.29 is 20.4 Å². The van der Waals surface area contributed by atoms with Crippen LogP contribution in [-0.4, -0.2) is 20.4 Å². The van der Waals surface area contributed by atoms with Crippen LogP contribution in [0.4, 0.5) is 0 Å². The fourth-order valence-electron chi connectivity index (χ4n) is 6.27. The highest BCUT2D eigenvalue weighted by Gasteiger charge is 2.23. The Morgan fingerprint density at radius 1 is 0.439 bits per heavy atom. The predicted molar refractivity (Wildman–Crippen MR) is 164 cm³/mol. The van der Waals surface area contributed by atoms with Crippen molar-refractivity contribution in [1.29, 1.82) is 0 Å². The fourth-order valence-corrected chi connectivity index (χ4v) is 6.27. The smallest absolute Gasteiger partial charge is 0.123 e. The Balaban J connectivity index is 1.50. The van der Waals surface area contributed by atoms with Crippen molar-refractivity contribution in [2.75, 3.05) is 0 Å². The largest absolute Gasteiger partial charge is 0.507 e. The first-order chi connectivity index (χ1) is 20.0. The van der Waals surface area contributed by atoms with Crippen molar-refractivity contribution in [1.82, 2.24) is 0 Å². The molecule has 5 aromatic carbocycles. The Labute approximate surface area is 240 Å². The van der Waals surface area contributed by atoms with Crippen LogP contribution in [0.1, 0.15) is 66.2 Å². The third-order valence-electron chi connectivity index (χ3n) is 8.44. The molecule has 1 saturated carbocycles. The van der Waals surface area contributed by atoms with Crippen LogP contribution in [0.5, 0.6) is 23.0 Å². The van der Waals surface area contributed by atoms with E-state index in [9.17, 15) is 20.4 Å². The third-order valence-corrected chi connectivity index (χ3v) is 8.44. The lowest BCUT2D eigenvalue weighted by atomic mass is 9.80. The molecule has 0 heterocycles. The first-order valence-corrected chi connectivity index (χ1v) is 14.3. The molecule has 0 atom stereocenters. The molecule has 6 rings (SSSR count). The SMILES string of the molecule is Oc1ccccc1-c1cc(C(c2ccc(C3CCCCC3)cc2)c2ccc(O)c(-c3ccccc3O)c2)ccc1O.